The Morgan fingerprint density at radius 1 is 0.519 bits per heavy atom. The van der Waals surface area contributed by atoms with Crippen molar-refractivity contribution >= 4 is 81.3 Å². The molecule has 2 heterocycles. The van der Waals surface area contributed by atoms with E-state index >= 15 is 0 Å². The van der Waals surface area contributed by atoms with E-state index < -0.39 is 0 Å². The molecule has 246 valence electrons. The van der Waals surface area contributed by atoms with Gasteiger partial charge in [-0.05, 0) is 81.7 Å². The topological polar surface area (TPSA) is 16.4 Å². The molecule has 0 fully saturated rings. The van der Waals surface area contributed by atoms with E-state index in [2.05, 4.69) is 183 Å². The van der Waals surface area contributed by atoms with Crippen molar-refractivity contribution in [3.8, 4) is 22.3 Å². The summed E-state index contributed by atoms with van der Waals surface area (Å²) < 4.78 is 9.12. The smallest absolute Gasteiger partial charge is 0.143 e. The lowest BCUT2D eigenvalue weighted by Gasteiger charge is -2.29. The molecule has 0 bridgehead atoms. The van der Waals surface area contributed by atoms with Gasteiger partial charge in [-0.1, -0.05) is 129 Å². The largest absolute Gasteiger partial charge is 0.455 e. The molecule has 1 aliphatic rings. The van der Waals surface area contributed by atoms with Crippen molar-refractivity contribution in [2.24, 2.45) is 0 Å². The van der Waals surface area contributed by atoms with Crippen LogP contribution in [0.25, 0.3) is 75.1 Å². The summed E-state index contributed by atoms with van der Waals surface area (Å²) in [7, 11) is 0. The first-order valence-corrected chi connectivity index (χ1v) is 18.7. The minimum Gasteiger partial charge on any atom is -0.455 e. The summed E-state index contributed by atoms with van der Waals surface area (Å²) in [5.74, 6) is 0. The highest BCUT2D eigenvalue weighted by Gasteiger charge is 2.37. The Balaban J connectivity index is 1.14. The first-order valence-electron chi connectivity index (χ1n) is 17.9. The Labute approximate surface area is 305 Å². The van der Waals surface area contributed by atoms with Crippen LogP contribution in [0.3, 0.4) is 0 Å². The van der Waals surface area contributed by atoms with Crippen molar-refractivity contribution in [1.82, 2.24) is 0 Å². The molecule has 0 spiro atoms. The van der Waals surface area contributed by atoms with Crippen LogP contribution in [0.15, 0.2) is 168 Å². The van der Waals surface area contributed by atoms with E-state index in [9.17, 15) is 0 Å². The number of hydrogen-bond donors (Lipinski definition) is 0. The van der Waals surface area contributed by atoms with E-state index in [4.69, 9.17) is 4.42 Å². The van der Waals surface area contributed by atoms with Crippen LogP contribution in [0.1, 0.15) is 25.0 Å². The van der Waals surface area contributed by atoms with E-state index in [1.165, 1.54) is 75.4 Å². The third kappa shape index (κ3) is 4.17. The van der Waals surface area contributed by atoms with Crippen LogP contribution in [0.5, 0.6) is 0 Å². The highest BCUT2D eigenvalue weighted by molar-refractivity contribution is 7.26. The number of hydrogen-bond acceptors (Lipinski definition) is 3. The van der Waals surface area contributed by atoms with Crippen molar-refractivity contribution < 1.29 is 4.42 Å². The zero-order valence-corrected chi connectivity index (χ0v) is 29.7. The van der Waals surface area contributed by atoms with Gasteiger partial charge in [-0.2, -0.15) is 0 Å². The lowest BCUT2D eigenvalue weighted by molar-refractivity contribution is 0.660. The molecule has 0 aliphatic heterocycles. The molecule has 8 aromatic carbocycles. The van der Waals surface area contributed by atoms with Gasteiger partial charge in [0.2, 0.25) is 0 Å². The molecule has 0 unspecified atom stereocenters. The minimum absolute atomic E-state index is 0.0930. The lowest BCUT2D eigenvalue weighted by atomic mass is 9.82. The Morgan fingerprint density at radius 3 is 2.13 bits per heavy atom. The summed E-state index contributed by atoms with van der Waals surface area (Å²) in [6.07, 6.45) is 0. The lowest BCUT2D eigenvalue weighted by Crippen LogP contribution is -2.16. The van der Waals surface area contributed by atoms with Gasteiger partial charge in [-0.25, -0.2) is 0 Å². The fourth-order valence-electron chi connectivity index (χ4n) is 8.77. The second-order valence-electron chi connectivity index (χ2n) is 14.5. The van der Waals surface area contributed by atoms with Crippen molar-refractivity contribution in [3.63, 3.8) is 0 Å². The van der Waals surface area contributed by atoms with Gasteiger partial charge in [0.05, 0.1) is 5.69 Å². The standard InChI is InChI=1S/C49H33NOS/c1-49(2)39-16-9-8-15-36(39)45-40(49)17-10-18-41(45)50(33-22-19-31(20-23-33)30-11-4-3-5-12-30)34-24-26-37-44(29-34)52-43-28-27-42-46(47(37)43)38-25-21-32-13-6-7-14-35(32)48(38)51-42/h3-29H,1-2H3. The van der Waals surface area contributed by atoms with Crippen molar-refractivity contribution in [3.05, 3.63) is 175 Å². The summed E-state index contributed by atoms with van der Waals surface area (Å²) >= 11 is 1.86. The average molecular weight is 684 g/mol. The Hall–Kier alpha value is -6.16. The van der Waals surface area contributed by atoms with Crippen molar-refractivity contribution in [1.29, 1.82) is 0 Å². The van der Waals surface area contributed by atoms with Gasteiger partial charge in [0.15, 0.2) is 0 Å². The van der Waals surface area contributed by atoms with Gasteiger partial charge in [-0.15, -0.1) is 11.3 Å². The van der Waals surface area contributed by atoms with E-state index in [1.807, 2.05) is 11.3 Å². The average Bonchev–Trinajstić information content (AvgIpc) is 3.83. The maximum absolute atomic E-state index is 6.60. The summed E-state index contributed by atoms with van der Waals surface area (Å²) in [6.45, 7) is 4.71. The molecule has 10 aromatic rings. The molecule has 0 amide bonds. The maximum Gasteiger partial charge on any atom is 0.143 e. The van der Waals surface area contributed by atoms with Crippen LogP contribution < -0.4 is 4.90 Å². The van der Waals surface area contributed by atoms with Crippen molar-refractivity contribution in [2.75, 3.05) is 4.90 Å². The molecular weight excluding hydrogens is 651 g/mol. The quantitative estimate of drug-likeness (QED) is 0.184. The Bertz CT molecular complexity index is 3040. The van der Waals surface area contributed by atoms with Crippen LogP contribution in [-0.2, 0) is 5.41 Å². The fraction of sp³-hybridized carbons (Fsp3) is 0.0612. The van der Waals surface area contributed by atoms with Crippen LogP contribution in [0.4, 0.5) is 17.1 Å². The van der Waals surface area contributed by atoms with Gasteiger partial charge in [0.1, 0.15) is 11.2 Å². The zero-order chi connectivity index (χ0) is 34.6. The minimum atomic E-state index is -0.0930. The first-order chi connectivity index (χ1) is 25.5. The van der Waals surface area contributed by atoms with Crippen LogP contribution in [0, 0.1) is 0 Å². The van der Waals surface area contributed by atoms with Crippen LogP contribution in [-0.4, -0.2) is 0 Å². The molecule has 3 heteroatoms. The van der Waals surface area contributed by atoms with E-state index in [0.29, 0.717) is 0 Å². The molecule has 11 rings (SSSR count). The number of nitrogens with zero attached hydrogens (tertiary/aromatic N) is 1. The number of thiophene rings is 1. The molecule has 0 N–H and O–H groups in total. The van der Waals surface area contributed by atoms with Gasteiger partial charge < -0.3 is 9.32 Å². The van der Waals surface area contributed by atoms with Crippen LogP contribution >= 0.6 is 11.3 Å². The highest BCUT2D eigenvalue weighted by atomic mass is 32.1. The number of anilines is 3. The fourth-order valence-corrected chi connectivity index (χ4v) is 9.92. The normalized spacial score (nSPS) is 13.3. The molecule has 0 atom stereocenters. The molecular formula is C49H33NOS. The Kier molecular flexibility index (Phi) is 6.21. The number of benzene rings is 8. The molecule has 52 heavy (non-hydrogen) atoms. The zero-order valence-electron chi connectivity index (χ0n) is 28.9. The van der Waals surface area contributed by atoms with E-state index in [0.717, 1.165) is 27.9 Å². The molecule has 2 aromatic heterocycles. The van der Waals surface area contributed by atoms with E-state index in [1.54, 1.807) is 0 Å². The summed E-state index contributed by atoms with van der Waals surface area (Å²) in [4.78, 5) is 2.46. The molecule has 2 nitrogen and oxygen atoms in total. The second kappa shape index (κ2) is 10.9. The summed E-state index contributed by atoms with van der Waals surface area (Å²) in [6, 6.07) is 59.8. The second-order valence-corrected chi connectivity index (χ2v) is 15.6. The van der Waals surface area contributed by atoms with Crippen molar-refractivity contribution in [2.45, 2.75) is 19.3 Å². The highest BCUT2D eigenvalue weighted by Crippen LogP contribution is 2.54. The van der Waals surface area contributed by atoms with Crippen LogP contribution in [0.2, 0.25) is 0 Å². The van der Waals surface area contributed by atoms with Gasteiger partial charge in [0, 0.05) is 58.7 Å². The molecule has 0 saturated carbocycles. The number of furan rings is 1. The van der Waals surface area contributed by atoms with Gasteiger partial charge in [-0.3, -0.25) is 0 Å². The maximum atomic E-state index is 6.60. The summed E-state index contributed by atoms with van der Waals surface area (Å²) in [5, 5.41) is 7.25. The predicted octanol–water partition coefficient (Wildman–Crippen LogP) is 14.6. The third-order valence-electron chi connectivity index (χ3n) is 11.3. The van der Waals surface area contributed by atoms with Gasteiger partial charge in [0.25, 0.3) is 0 Å². The molecule has 1 aliphatic carbocycles. The number of rotatable bonds is 4. The first kappa shape index (κ1) is 29.6. The summed E-state index contributed by atoms with van der Waals surface area (Å²) in [5.41, 5.74) is 13.1. The van der Waals surface area contributed by atoms with Gasteiger partial charge >= 0.3 is 0 Å². The Morgan fingerprint density at radius 2 is 1.25 bits per heavy atom. The number of fused-ring (bicyclic) bond motifs is 12. The third-order valence-corrected chi connectivity index (χ3v) is 12.4. The predicted molar refractivity (Wildman–Crippen MR) is 222 cm³/mol. The SMILES string of the molecule is CC1(C)c2ccccc2-c2c(N(c3ccc(-c4ccccc4)cc3)c3ccc4c(c3)sc3ccc5oc6c7ccccc7ccc6c5c34)cccc21. The molecule has 0 saturated heterocycles. The molecule has 0 radical (unpaired) electrons. The van der Waals surface area contributed by atoms with E-state index in [-0.39, 0.29) is 5.41 Å². The monoisotopic (exact) mass is 683 g/mol.